The molecule has 6 aromatic rings. The molecule has 1 amide bonds. The predicted octanol–water partition coefficient (Wildman–Crippen LogP) is 5.97. The van der Waals surface area contributed by atoms with Crippen LogP contribution in [0.4, 0.5) is 4.39 Å². The number of furan rings is 1. The molecule has 38 heavy (non-hydrogen) atoms. The molecule has 0 aliphatic heterocycles. The highest BCUT2D eigenvalue weighted by atomic mass is 19.1. The Morgan fingerprint density at radius 1 is 0.868 bits per heavy atom. The van der Waals surface area contributed by atoms with Crippen LogP contribution >= 0.6 is 0 Å². The fourth-order valence-electron chi connectivity index (χ4n) is 4.44. The van der Waals surface area contributed by atoms with Crippen LogP contribution in [-0.2, 0) is 6.54 Å². The Bertz CT molecular complexity index is 1760. The summed E-state index contributed by atoms with van der Waals surface area (Å²) in [7, 11) is 1.57. The molecule has 8 heteroatoms. The van der Waals surface area contributed by atoms with Gasteiger partial charge in [0.1, 0.15) is 17.2 Å². The van der Waals surface area contributed by atoms with Crippen molar-refractivity contribution in [3.05, 3.63) is 114 Å². The van der Waals surface area contributed by atoms with Crippen LogP contribution in [0.5, 0.6) is 0 Å². The molecule has 7 nitrogen and oxygen atoms in total. The molecule has 0 aliphatic rings. The molecule has 0 saturated carbocycles. The number of hydrogen-bond donors (Lipinski definition) is 1. The molecule has 6 rings (SSSR count). The van der Waals surface area contributed by atoms with E-state index in [4.69, 9.17) is 4.42 Å². The number of aromatic nitrogens is 4. The monoisotopic (exact) mass is 503 g/mol. The summed E-state index contributed by atoms with van der Waals surface area (Å²) in [6, 6.07) is 29.4. The van der Waals surface area contributed by atoms with Gasteiger partial charge < -0.3 is 9.73 Å². The number of rotatable bonds is 6. The fraction of sp³-hybridized carbons (Fsp3) is 0.0667. The van der Waals surface area contributed by atoms with Crippen molar-refractivity contribution in [3.63, 3.8) is 0 Å². The third kappa shape index (κ3) is 4.43. The molecule has 0 bridgehead atoms. The van der Waals surface area contributed by atoms with Crippen LogP contribution in [0.1, 0.15) is 15.9 Å². The Kier molecular flexibility index (Phi) is 5.97. The van der Waals surface area contributed by atoms with E-state index in [0.29, 0.717) is 40.2 Å². The third-order valence-electron chi connectivity index (χ3n) is 6.32. The molecule has 2 heterocycles. The standard InChI is InChI=1S/C30H22FN5O2/c1-32-30(37)27-25-17-22(12-15-26(25)38-28(27)20-10-13-24(31)14-11-20)21-8-5-9-23(16-21)29-33-35-36(34-29)18-19-6-3-2-4-7-19/h2-17H,18H2,1H3,(H,32,37). The summed E-state index contributed by atoms with van der Waals surface area (Å²) < 4.78 is 19.6. The molecular formula is C30H22FN5O2. The van der Waals surface area contributed by atoms with Gasteiger partial charge in [-0.1, -0.05) is 54.6 Å². The number of carbonyl (C=O) groups is 1. The summed E-state index contributed by atoms with van der Waals surface area (Å²) in [5.41, 5.74) is 5.32. The minimum absolute atomic E-state index is 0.284. The lowest BCUT2D eigenvalue weighted by molar-refractivity contribution is 0.0964. The number of halogens is 1. The Labute approximate surface area is 217 Å². The molecule has 0 atom stereocenters. The van der Waals surface area contributed by atoms with E-state index in [2.05, 4.69) is 20.7 Å². The van der Waals surface area contributed by atoms with E-state index >= 15 is 0 Å². The molecule has 1 N–H and O–H groups in total. The molecule has 0 spiro atoms. The minimum Gasteiger partial charge on any atom is -0.455 e. The second-order valence-corrected chi connectivity index (χ2v) is 8.81. The fourth-order valence-corrected chi connectivity index (χ4v) is 4.44. The van der Waals surface area contributed by atoms with Gasteiger partial charge in [-0.2, -0.15) is 4.80 Å². The number of nitrogens with zero attached hydrogens (tertiary/aromatic N) is 4. The Morgan fingerprint density at radius 2 is 1.61 bits per heavy atom. The molecule has 2 aromatic heterocycles. The number of tetrazole rings is 1. The van der Waals surface area contributed by atoms with E-state index in [9.17, 15) is 9.18 Å². The normalized spacial score (nSPS) is 11.1. The van der Waals surface area contributed by atoms with Crippen LogP contribution in [0.3, 0.4) is 0 Å². The van der Waals surface area contributed by atoms with Crippen molar-refractivity contribution in [2.75, 3.05) is 7.05 Å². The molecule has 4 aromatic carbocycles. The maximum Gasteiger partial charge on any atom is 0.255 e. The lowest BCUT2D eigenvalue weighted by Gasteiger charge is -2.05. The third-order valence-corrected chi connectivity index (χ3v) is 6.32. The lowest BCUT2D eigenvalue weighted by atomic mass is 9.99. The van der Waals surface area contributed by atoms with Crippen LogP contribution in [0.25, 0.3) is 44.8 Å². The molecule has 0 saturated heterocycles. The van der Waals surface area contributed by atoms with Crippen molar-refractivity contribution in [2.24, 2.45) is 0 Å². The maximum atomic E-state index is 13.5. The Balaban J connectivity index is 1.37. The van der Waals surface area contributed by atoms with Gasteiger partial charge in [0.2, 0.25) is 5.82 Å². The summed E-state index contributed by atoms with van der Waals surface area (Å²) in [5, 5.41) is 16.4. The second kappa shape index (κ2) is 9.74. The molecule has 0 aliphatic carbocycles. The van der Waals surface area contributed by atoms with Crippen molar-refractivity contribution in [2.45, 2.75) is 6.54 Å². The largest absolute Gasteiger partial charge is 0.455 e. The molecule has 186 valence electrons. The number of amides is 1. The van der Waals surface area contributed by atoms with E-state index in [1.807, 2.05) is 72.8 Å². The van der Waals surface area contributed by atoms with E-state index in [1.165, 1.54) is 12.1 Å². The van der Waals surface area contributed by atoms with Crippen molar-refractivity contribution in [3.8, 4) is 33.8 Å². The van der Waals surface area contributed by atoms with Gasteiger partial charge in [-0.25, -0.2) is 4.39 Å². The molecule has 0 unspecified atom stereocenters. The van der Waals surface area contributed by atoms with E-state index in [1.54, 1.807) is 24.0 Å². The first-order chi connectivity index (χ1) is 18.6. The predicted molar refractivity (Wildman–Crippen MR) is 143 cm³/mol. The number of benzene rings is 4. The van der Waals surface area contributed by atoms with Gasteiger partial charge in [-0.15, -0.1) is 10.2 Å². The highest BCUT2D eigenvalue weighted by Gasteiger charge is 2.22. The van der Waals surface area contributed by atoms with Crippen LogP contribution < -0.4 is 5.32 Å². The van der Waals surface area contributed by atoms with E-state index < -0.39 is 0 Å². The topological polar surface area (TPSA) is 85.8 Å². The first-order valence-corrected chi connectivity index (χ1v) is 12.1. The molecular weight excluding hydrogens is 481 g/mol. The number of carbonyl (C=O) groups excluding carboxylic acids is 1. The van der Waals surface area contributed by atoms with Gasteiger partial charge in [0.05, 0.1) is 12.1 Å². The van der Waals surface area contributed by atoms with Crippen LogP contribution in [0.15, 0.2) is 101 Å². The average Bonchev–Trinajstić information content (AvgIpc) is 3.58. The summed E-state index contributed by atoms with van der Waals surface area (Å²) >= 11 is 0. The van der Waals surface area contributed by atoms with Crippen molar-refractivity contribution in [1.82, 2.24) is 25.5 Å². The lowest BCUT2D eigenvalue weighted by Crippen LogP contribution is -2.18. The summed E-state index contributed by atoms with van der Waals surface area (Å²) in [6.45, 7) is 0.531. The van der Waals surface area contributed by atoms with Gasteiger partial charge in [0.15, 0.2) is 0 Å². The van der Waals surface area contributed by atoms with Gasteiger partial charge in [-0.3, -0.25) is 4.79 Å². The first kappa shape index (κ1) is 23.3. The second-order valence-electron chi connectivity index (χ2n) is 8.81. The van der Waals surface area contributed by atoms with Gasteiger partial charge in [-0.05, 0) is 64.4 Å². The van der Waals surface area contributed by atoms with Gasteiger partial charge in [0.25, 0.3) is 5.91 Å². The van der Waals surface area contributed by atoms with Gasteiger partial charge >= 0.3 is 0 Å². The minimum atomic E-state index is -0.358. The van der Waals surface area contributed by atoms with Crippen LogP contribution in [0, 0.1) is 5.82 Å². The smallest absolute Gasteiger partial charge is 0.255 e. The Morgan fingerprint density at radius 3 is 2.39 bits per heavy atom. The van der Waals surface area contributed by atoms with Crippen molar-refractivity contribution < 1.29 is 13.6 Å². The highest BCUT2D eigenvalue weighted by molar-refractivity contribution is 6.11. The number of fused-ring (bicyclic) bond motifs is 1. The zero-order chi connectivity index (χ0) is 26.1. The first-order valence-electron chi connectivity index (χ1n) is 12.1. The summed E-state index contributed by atoms with van der Waals surface area (Å²) in [4.78, 5) is 14.5. The highest BCUT2D eigenvalue weighted by Crippen LogP contribution is 2.36. The number of hydrogen-bond acceptors (Lipinski definition) is 5. The quantitative estimate of drug-likeness (QED) is 0.303. The van der Waals surface area contributed by atoms with Gasteiger partial charge in [0, 0.05) is 23.6 Å². The SMILES string of the molecule is CNC(=O)c1c(-c2ccc(F)cc2)oc2ccc(-c3cccc(-c4nnn(Cc5ccccc5)n4)c3)cc12. The van der Waals surface area contributed by atoms with Crippen molar-refractivity contribution >= 4 is 16.9 Å². The zero-order valence-corrected chi connectivity index (χ0v) is 20.4. The maximum absolute atomic E-state index is 13.5. The zero-order valence-electron chi connectivity index (χ0n) is 20.4. The van der Waals surface area contributed by atoms with Crippen molar-refractivity contribution in [1.29, 1.82) is 0 Å². The summed E-state index contributed by atoms with van der Waals surface area (Å²) in [6.07, 6.45) is 0. The van der Waals surface area contributed by atoms with Crippen LogP contribution in [0.2, 0.25) is 0 Å². The van der Waals surface area contributed by atoms with Crippen LogP contribution in [-0.4, -0.2) is 33.2 Å². The number of nitrogens with one attached hydrogen (secondary N) is 1. The van der Waals surface area contributed by atoms with E-state index in [0.717, 1.165) is 22.3 Å². The molecule has 0 radical (unpaired) electrons. The van der Waals surface area contributed by atoms with E-state index in [-0.39, 0.29) is 11.7 Å². The Hall–Kier alpha value is -5.11. The average molecular weight is 504 g/mol. The molecule has 0 fully saturated rings. The summed E-state index contributed by atoms with van der Waals surface area (Å²) in [5.74, 6) is 0.276.